The van der Waals surface area contributed by atoms with Crippen molar-refractivity contribution in [3.05, 3.63) is 53.2 Å². The third-order valence-corrected chi connectivity index (χ3v) is 2.47. The van der Waals surface area contributed by atoms with Gasteiger partial charge in [-0.2, -0.15) is 0 Å². The van der Waals surface area contributed by atoms with Crippen LogP contribution in [-0.2, 0) is 6.54 Å². The molecular formula is C13H12N2O4. The number of nitrogens with zero attached hydrogens (tertiary/aromatic N) is 1. The number of carboxylic acids is 1. The molecule has 0 aromatic carbocycles. The summed E-state index contributed by atoms with van der Waals surface area (Å²) in [4.78, 5) is 26.4. The summed E-state index contributed by atoms with van der Waals surface area (Å²) in [6.07, 6.45) is 1.48. The molecule has 98 valence electrons. The number of aromatic carboxylic acids is 1. The van der Waals surface area contributed by atoms with Gasteiger partial charge in [-0.1, -0.05) is 0 Å². The summed E-state index contributed by atoms with van der Waals surface area (Å²) in [5.74, 6) is -1.20. The maximum atomic E-state index is 11.8. The zero-order valence-electron chi connectivity index (χ0n) is 10.2. The number of hydrogen-bond donors (Lipinski definition) is 2. The molecule has 2 aromatic rings. The third-order valence-electron chi connectivity index (χ3n) is 2.47. The SMILES string of the molecule is Cc1ccc(C(=O)NCc2ccc(C(=O)O)o2)cn1. The lowest BCUT2D eigenvalue weighted by Crippen LogP contribution is -2.22. The van der Waals surface area contributed by atoms with E-state index >= 15 is 0 Å². The highest BCUT2D eigenvalue weighted by atomic mass is 16.4. The summed E-state index contributed by atoms with van der Waals surface area (Å²) < 4.78 is 5.02. The molecule has 6 heteroatoms. The fraction of sp³-hybridized carbons (Fsp3) is 0.154. The second-order valence-electron chi connectivity index (χ2n) is 3.94. The topological polar surface area (TPSA) is 92.4 Å². The summed E-state index contributed by atoms with van der Waals surface area (Å²) in [6.45, 7) is 1.96. The monoisotopic (exact) mass is 260 g/mol. The van der Waals surface area contributed by atoms with Crippen molar-refractivity contribution < 1.29 is 19.1 Å². The molecule has 1 amide bonds. The number of carbonyl (C=O) groups excluding carboxylic acids is 1. The smallest absolute Gasteiger partial charge is 0.371 e. The van der Waals surface area contributed by atoms with Gasteiger partial charge in [0.2, 0.25) is 5.76 Å². The van der Waals surface area contributed by atoms with E-state index < -0.39 is 5.97 Å². The molecular weight excluding hydrogens is 248 g/mol. The van der Waals surface area contributed by atoms with Crippen molar-refractivity contribution >= 4 is 11.9 Å². The van der Waals surface area contributed by atoms with E-state index in [1.807, 2.05) is 6.92 Å². The van der Waals surface area contributed by atoms with Crippen molar-refractivity contribution in [2.75, 3.05) is 0 Å². The molecule has 2 rings (SSSR count). The third kappa shape index (κ3) is 3.19. The number of aromatic nitrogens is 1. The Morgan fingerprint density at radius 1 is 1.32 bits per heavy atom. The minimum Gasteiger partial charge on any atom is -0.475 e. The summed E-state index contributed by atoms with van der Waals surface area (Å²) in [5, 5.41) is 11.3. The summed E-state index contributed by atoms with van der Waals surface area (Å²) >= 11 is 0. The fourth-order valence-electron chi connectivity index (χ4n) is 1.46. The number of aryl methyl sites for hydroxylation is 1. The molecule has 2 N–H and O–H groups in total. The van der Waals surface area contributed by atoms with E-state index in [4.69, 9.17) is 9.52 Å². The summed E-state index contributed by atoms with van der Waals surface area (Å²) in [7, 11) is 0. The lowest BCUT2D eigenvalue weighted by Gasteiger charge is -2.03. The van der Waals surface area contributed by atoms with E-state index in [1.54, 1.807) is 12.1 Å². The average molecular weight is 260 g/mol. The second kappa shape index (κ2) is 5.34. The van der Waals surface area contributed by atoms with Crippen LogP contribution in [0.3, 0.4) is 0 Å². The van der Waals surface area contributed by atoms with Crippen molar-refractivity contribution in [1.82, 2.24) is 10.3 Å². The van der Waals surface area contributed by atoms with Gasteiger partial charge in [0.1, 0.15) is 5.76 Å². The summed E-state index contributed by atoms with van der Waals surface area (Å²) in [5.41, 5.74) is 1.27. The standard InChI is InChI=1S/C13H12N2O4/c1-8-2-3-9(6-14-8)12(16)15-7-10-4-5-11(19-10)13(17)18/h2-6H,7H2,1H3,(H,15,16)(H,17,18). The zero-order chi connectivity index (χ0) is 13.8. The number of nitrogens with one attached hydrogen (secondary N) is 1. The molecule has 0 saturated carbocycles. The van der Waals surface area contributed by atoms with E-state index in [1.165, 1.54) is 18.3 Å². The Hall–Kier alpha value is -2.63. The van der Waals surface area contributed by atoms with E-state index in [9.17, 15) is 9.59 Å². The first-order valence-corrected chi connectivity index (χ1v) is 5.59. The maximum absolute atomic E-state index is 11.8. The predicted octanol–water partition coefficient (Wildman–Crippen LogP) is 1.61. The number of hydrogen-bond acceptors (Lipinski definition) is 4. The molecule has 0 aliphatic carbocycles. The van der Waals surface area contributed by atoms with Gasteiger partial charge in [0.05, 0.1) is 12.1 Å². The highest BCUT2D eigenvalue weighted by Gasteiger charge is 2.10. The molecule has 0 atom stereocenters. The van der Waals surface area contributed by atoms with Crippen LogP contribution in [-0.4, -0.2) is 22.0 Å². The number of pyridine rings is 1. The van der Waals surface area contributed by atoms with Crippen molar-refractivity contribution in [2.45, 2.75) is 13.5 Å². The van der Waals surface area contributed by atoms with Crippen LogP contribution >= 0.6 is 0 Å². The van der Waals surface area contributed by atoms with Crippen molar-refractivity contribution in [3.8, 4) is 0 Å². The van der Waals surface area contributed by atoms with E-state index in [-0.39, 0.29) is 18.2 Å². The van der Waals surface area contributed by atoms with Crippen LogP contribution in [0.1, 0.15) is 32.4 Å². The Balaban J connectivity index is 1.96. The molecule has 0 aliphatic rings. The second-order valence-corrected chi connectivity index (χ2v) is 3.94. The first-order chi connectivity index (χ1) is 9.06. The Bertz CT molecular complexity index is 601. The average Bonchev–Trinajstić information content (AvgIpc) is 2.86. The number of carbonyl (C=O) groups is 2. The van der Waals surface area contributed by atoms with Gasteiger partial charge >= 0.3 is 5.97 Å². The fourth-order valence-corrected chi connectivity index (χ4v) is 1.46. The van der Waals surface area contributed by atoms with Gasteiger partial charge in [0, 0.05) is 11.9 Å². The van der Waals surface area contributed by atoms with E-state index in [2.05, 4.69) is 10.3 Å². The van der Waals surface area contributed by atoms with Gasteiger partial charge in [-0.15, -0.1) is 0 Å². The number of furan rings is 1. The number of rotatable bonds is 4. The van der Waals surface area contributed by atoms with Crippen LogP contribution in [0.15, 0.2) is 34.9 Å². The van der Waals surface area contributed by atoms with Gasteiger partial charge in [0.15, 0.2) is 0 Å². The minimum absolute atomic E-state index is 0.125. The molecule has 2 heterocycles. The van der Waals surface area contributed by atoms with Crippen LogP contribution in [0.5, 0.6) is 0 Å². The van der Waals surface area contributed by atoms with Crippen molar-refractivity contribution in [3.63, 3.8) is 0 Å². The van der Waals surface area contributed by atoms with Crippen LogP contribution < -0.4 is 5.32 Å². The lowest BCUT2D eigenvalue weighted by molar-refractivity contribution is 0.0660. The van der Waals surface area contributed by atoms with Crippen LogP contribution in [0, 0.1) is 6.92 Å². The van der Waals surface area contributed by atoms with Gasteiger partial charge in [-0.3, -0.25) is 9.78 Å². The molecule has 0 spiro atoms. The van der Waals surface area contributed by atoms with Gasteiger partial charge in [0.25, 0.3) is 5.91 Å². The summed E-state index contributed by atoms with van der Waals surface area (Å²) in [6, 6.07) is 6.27. The first kappa shape index (κ1) is 12.8. The normalized spacial score (nSPS) is 10.2. The quantitative estimate of drug-likeness (QED) is 0.871. The molecule has 0 unspecified atom stereocenters. The largest absolute Gasteiger partial charge is 0.475 e. The van der Waals surface area contributed by atoms with E-state index in [0.29, 0.717) is 11.3 Å². The molecule has 0 radical (unpaired) electrons. The Kier molecular flexibility index (Phi) is 3.61. The Labute approximate surface area is 109 Å². The van der Waals surface area contributed by atoms with E-state index in [0.717, 1.165) is 5.69 Å². The predicted molar refractivity (Wildman–Crippen MR) is 65.8 cm³/mol. The van der Waals surface area contributed by atoms with Crippen LogP contribution in [0.2, 0.25) is 0 Å². The number of carboxylic acid groups (broad SMARTS) is 1. The molecule has 0 saturated heterocycles. The van der Waals surface area contributed by atoms with Crippen LogP contribution in [0.25, 0.3) is 0 Å². The zero-order valence-corrected chi connectivity index (χ0v) is 10.2. The molecule has 0 aliphatic heterocycles. The highest BCUT2D eigenvalue weighted by molar-refractivity contribution is 5.93. The molecule has 6 nitrogen and oxygen atoms in total. The molecule has 0 fully saturated rings. The lowest BCUT2D eigenvalue weighted by atomic mass is 10.2. The van der Waals surface area contributed by atoms with Crippen molar-refractivity contribution in [1.29, 1.82) is 0 Å². The van der Waals surface area contributed by atoms with Crippen molar-refractivity contribution in [2.24, 2.45) is 0 Å². The highest BCUT2D eigenvalue weighted by Crippen LogP contribution is 2.08. The molecule has 2 aromatic heterocycles. The first-order valence-electron chi connectivity index (χ1n) is 5.59. The van der Waals surface area contributed by atoms with Gasteiger partial charge < -0.3 is 14.8 Å². The van der Waals surface area contributed by atoms with Crippen LogP contribution in [0.4, 0.5) is 0 Å². The Morgan fingerprint density at radius 3 is 2.68 bits per heavy atom. The number of amides is 1. The Morgan fingerprint density at radius 2 is 2.11 bits per heavy atom. The minimum atomic E-state index is -1.14. The molecule has 19 heavy (non-hydrogen) atoms. The van der Waals surface area contributed by atoms with Gasteiger partial charge in [-0.25, -0.2) is 4.79 Å². The molecule has 0 bridgehead atoms. The maximum Gasteiger partial charge on any atom is 0.371 e. The van der Waals surface area contributed by atoms with Gasteiger partial charge in [-0.05, 0) is 31.2 Å².